The number of halogens is 3. The molecular formula is C24H17Cl2IN4O3S. The topological polar surface area (TPSA) is 84.3 Å². The average Bonchev–Trinajstić information content (AvgIpc) is 3.34. The molecule has 0 atom stereocenters. The Morgan fingerprint density at radius 3 is 2.29 bits per heavy atom. The van der Waals surface area contributed by atoms with E-state index in [4.69, 9.17) is 28.2 Å². The highest BCUT2D eigenvalue weighted by molar-refractivity contribution is 14.1. The van der Waals surface area contributed by atoms with E-state index in [-0.39, 0.29) is 6.54 Å². The summed E-state index contributed by atoms with van der Waals surface area (Å²) in [6.07, 6.45) is 2.46. The van der Waals surface area contributed by atoms with Crippen molar-refractivity contribution >= 4 is 67.6 Å². The highest BCUT2D eigenvalue weighted by atomic mass is 127. The van der Waals surface area contributed by atoms with Crippen molar-refractivity contribution in [2.24, 2.45) is 0 Å². The molecule has 0 saturated carbocycles. The predicted octanol–water partition coefficient (Wildman–Crippen LogP) is 5.22. The molecule has 35 heavy (non-hydrogen) atoms. The quantitative estimate of drug-likeness (QED) is 0.304. The van der Waals surface area contributed by atoms with Gasteiger partial charge in [-0.3, -0.25) is 4.79 Å². The molecule has 0 aliphatic carbocycles. The second kappa shape index (κ2) is 9.45. The molecule has 1 aromatic heterocycles. The van der Waals surface area contributed by atoms with E-state index < -0.39 is 16.1 Å². The molecule has 1 saturated heterocycles. The molecule has 0 bridgehead atoms. The largest absolute Gasteiger partial charge is 0.326 e. The van der Waals surface area contributed by atoms with Crippen LogP contribution < -0.4 is 9.03 Å². The van der Waals surface area contributed by atoms with Gasteiger partial charge in [0.25, 0.3) is 5.91 Å². The molecule has 11 heteroatoms. The number of anilines is 1. The lowest BCUT2D eigenvalue weighted by molar-refractivity contribution is -0.117. The fourth-order valence-corrected chi connectivity index (χ4v) is 5.85. The summed E-state index contributed by atoms with van der Waals surface area (Å²) in [7, 11) is -3.87. The average molecular weight is 639 g/mol. The Bertz CT molecular complexity index is 1540. The first kappa shape index (κ1) is 24.1. The number of hydrogen-bond acceptors (Lipinski definition) is 4. The molecule has 1 amide bonds. The minimum Gasteiger partial charge on any atom is -0.303 e. The fourth-order valence-electron chi connectivity index (χ4n) is 3.83. The Balaban J connectivity index is 1.55. The van der Waals surface area contributed by atoms with Crippen molar-refractivity contribution < 1.29 is 13.2 Å². The Hall–Kier alpha value is -2.60. The van der Waals surface area contributed by atoms with Crippen LogP contribution in [-0.4, -0.2) is 30.4 Å². The number of nitrogens with zero attached hydrogens (tertiary/aromatic N) is 3. The van der Waals surface area contributed by atoms with Gasteiger partial charge >= 0.3 is 10.2 Å². The van der Waals surface area contributed by atoms with Gasteiger partial charge in [0, 0.05) is 32.5 Å². The number of carbonyl (C=O) groups is 1. The van der Waals surface area contributed by atoms with Gasteiger partial charge in [0.1, 0.15) is 12.4 Å². The zero-order chi connectivity index (χ0) is 24.7. The molecule has 1 fully saturated rings. The zero-order valence-electron chi connectivity index (χ0n) is 18.0. The Morgan fingerprint density at radius 1 is 0.971 bits per heavy atom. The van der Waals surface area contributed by atoms with Gasteiger partial charge in [0.2, 0.25) is 0 Å². The lowest BCUT2D eigenvalue weighted by Gasteiger charge is -2.15. The van der Waals surface area contributed by atoms with Crippen molar-refractivity contribution in [2.45, 2.75) is 6.42 Å². The van der Waals surface area contributed by atoms with Crippen LogP contribution in [0.15, 0.2) is 72.9 Å². The summed E-state index contributed by atoms with van der Waals surface area (Å²) < 4.78 is 30.5. The third kappa shape index (κ3) is 5.04. The second-order valence-electron chi connectivity index (χ2n) is 7.89. The first-order valence-electron chi connectivity index (χ1n) is 10.4. The van der Waals surface area contributed by atoms with Crippen LogP contribution in [-0.2, 0) is 21.4 Å². The SMILES string of the molecule is O=C1CN(c2ccc(-n3cc(-c4ccc(Cl)cc4Cl)nc3Cc3ccc(I)cc3)cc2)S(=O)(=O)N1. The Morgan fingerprint density at radius 2 is 1.66 bits per heavy atom. The van der Waals surface area contributed by atoms with Crippen LogP contribution in [0, 0.1) is 3.57 Å². The molecule has 1 aliphatic heterocycles. The number of nitrogens with one attached hydrogen (secondary N) is 1. The van der Waals surface area contributed by atoms with E-state index in [1.807, 2.05) is 33.7 Å². The van der Waals surface area contributed by atoms with Crippen LogP contribution >= 0.6 is 45.8 Å². The molecule has 3 aromatic carbocycles. The van der Waals surface area contributed by atoms with Gasteiger partial charge in [0.15, 0.2) is 0 Å². The third-order valence-corrected chi connectivity index (χ3v) is 8.17. The van der Waals surface area contributed by atoms with Crippen LogP contribution in [0.25, 0.3) is 16.9 Å². The molecule has 2 heterocycles. The fraction of sp³-hybridized carbons (Fsp3) is 0.0833. The van der Waals surface area contributed by atoms with Crippen molar-refractivity contribution in [2.75, 3.05) is 10.8 Å². The zero-order valence-corrected chi connectivity index (χ0v) is 22.4. The summed E-state index contributed by atoms with van der Waals surface area (Å²) in [6, 6.07) is 20.4. The van der Waals surface area contributed by atoms with E-state index in [0.29, 0.717) is 27.8 Å². The van der Waals surface area contributed by atoms with Crippen molar-refractivity contribution in [1.29, 1.82) is 0 Å². The second-order valence-corrected chi connectivity index (χ2v) is 11.6. The third-order valence-electron chi connectivity index (χ3n) is 5.50. The number of aromatic nitrogens is 2. The molecule has 1 N–H and O–H groups in total. The van der Waals surface area contributed by atoms with Crippen LogP contribution in [0.1, 0.15) is 11.4 Å². The van der Waals surface area contributed by atoms with E-state index in [9.17, 15) is 13.2 Å². The van der Waals surface area contributed by atoms with E-state index in [2.05, 4.69) is 34.7 Å². The smallest absolute Gasteiger partial charge is 0.303 e. The van der Waals surface area contributed by atoms with Gasteiger partial charge in [-0.2, -0.15) is 8.42 Å². The standard InChI is InChI=1S/C24H17Cl2IN4O3S/c25-16-3-10-20(21(26)12-16)22-13-30(23(28-22)11-15-1-4-17(27)5-2-15)18-6-8-19(9-7-18)31-14-24(32)29-35(31,33)34/h1-10,12-13H,11,14H2,(H,29,32). The van der Waals surface area contributed by atoms with Gasteiger partial charge in [-0.15, -0.1) is 0 Å². The number of amides is 1. The predicted molar refractivity (Wildman–Crippen MR) is 145 cm³/mol. The molecule has 0 spiro atoms. The highest BCUT2D eigenvalue weighted by Gasteiger charge is 2.33. The van der Waals surface area contributed by atoms with E-state index in [1.165, 1.54) is 0 Å². The summed E-state index contributed by atoms with van der Waals surface area (Å²) in [6.45, 7) is -0.246. The summed E-state index contributed by atoms with van der Waals surface area (Å²) in [5.74, 6) is 0.221. The number of imidazole rings is 1. The Labute approximate surface area is 226 Å². The van der Waals surface area contributed by atoms with Gasteiger partial charge in [0.05, 0.1) is 16.4 Å². The molecule has 7 nitrogen and oxygen atoms in total. The molecule has 0 unspecified atom stereocenters. The summed E-state index contributed by atoms with van der Waals surface area (Å²) in [5.41, 5.74) is 3.72. The summed E-state index contributed by atoms with van der Waals surface area (Å²) >= 11 is 14.8. The minimum atomic E-state index is -3.87. The van der Waals surface area contributed by atoms with Crippen molar-refractivity contribution in [3.63, 3.8) is 0 Å². The summed E-state index contributed by atoms with van der Waals surface area (Å²) in [4.78, 5) is 16.5. The van der Waals surface area contributed by atoms with Gasteiger partial charge < -0.3 is 4.57 Å². The van der Waals surface area contributed by atoms with Crippen LogP contribution in [0.3, 0.4) is 0 Å². The van der Waals surface area contributed by atoms with Crippen molar-refractivity contribution in [1.82, 2.24) is 14.3 Å². The van der Waals surface area contributed by atoms with Gasteiger partial charge in [-0.1, -0.05) is 35.3 Å². The van der Waals surface area contributed by atoms with Gasteiger partial charge in [-0.05, 0) is 82.8 Å². The normalized spacial score (nSPS) is 14.8. The Kier molecular flexibility index (Phi) is 6.51. The maximum atomic E-state index is 12.2. The van der Waals surface area contributed by atoms with Crippen LogP contribution in [0.2, 0.25) is 10.0 Å². The van der Waals surface area contributed by atoms with Crippen molar-refractivity contribution in [3.8, 4) is 16.9 Å². The first-order valence-corrected chi connectivity index (χ1v) is 13.7. The molecule has 178 valence electrons. The van der Waals surface area contributed by atoms with Gasteiger partial charge in [-0.25, -0.2) is 14.0 Å². The maximum Gasteiger partial charge on any atom is 0.326 e. The lowest BCUT2D eigenvalue weighted by atomic mass is 10.1. The molecule has 1 aliphatic rings. The molecule has 4 aromatic rings. The maximum absolute atomic E-state index is 12.2. The number of carbonyl (C=O) groups excluding carboxylic acids is 1. The number of hydrogen-bond donors (Lipinski definition) is 1. The summed E-state index contributed by atoms with van der Waals surface area (Å²) in [5, 5.41) is 1.03. The van der Waals surface area contributed by atoms with Crippen LogP contribution in [0.4, 0.5) is 5.69 Å². The van der Waals surface area contributed by atoms with Crippen molar-refractivity contribution in [3.05, 3.63) is 97.9 Å². The van der Waals surface area contributed by atoms with E-state index >= 15 is 0 Å². The number of benzene rings is 3. The molecule has 0 radical (unpaired) electrons. The molecule has 5 rings (SSSR count). The number of rotatable bonds is 5. The monoisotopic (exact) mass is 638 g/mol. The van der Waals surface area contributed by atoms with E-state index in [1.54, 1.807) is 36.4 Å². The lowest BCUT2D eigenvalue weighted by Crippen LogP contribution is -2.29. The van der Waals surface area contributed by atoms with Crippen LogP contribution in [0.5, 0.6) is 0 Å². The highest BCUT2D eigenvalue weighted by Crippen LogP contribution is 2.32. The minimum absolute atomic E-state index is 0.246. The molecular weight excluding hydrogens is 622 g/mol. The first-order chi connectivity index (χ1) is 16.7. The van der Waals surface area contributed by atoms with E-state index in [0.717, 1.165) is 30.5 Å².